The molecule has 0 atom stereocenters. The van der Waals surface area contributed by atoms with Crippen molar-refractivity contribution < 1.29 is 9.59 Å². The van der Waals surface area contributed by atoms with Crippen LogP contribution in [-0.4, -0.2) is 16.5 Å². The number of anilines is 1. The van der Waals surface area contributed by atoms with E-state index in [1.165, 1.54) is 12.1 Å². The van der Waals surface area contributed by atoms with Crippen LogP contribution in [0.1, 0.15) is 15.9 Å². The van der Waals surface area contributed by atoms with Gasteiger partial charge in [-0.05, 0) is 42.5 Å². The van der Waals surface area contributed by atoms with Crippen LogP contribution in [0, 0.1) is 11.3 Å². The number of amides is 3. The van der Waals surface area contributed by atoms with Crippen molar-refractivity contribution in [3.05, 3.63) is 83.1 Å². The number of nitriles is 1. The molecule has 6 nitrogen and oxygen atoms in total. The summed E-state index contributed by atoms with van der Waals surface area (Å²) < 4.78 is 1.79. The minimum absolute atomic E-state index is 0.199. The van der Waals surface area contributed by atoms with Crippen LogP contribution in [0.5, 0.6) is 0 Å². The van der Waals surface area contributed by atoms with Crippen molar-refractivity contribution >= 4 is 29.2 Å². The number of carbonyl (C=O) groups is 2. The second-order valence-electron chi connectivity index (χ2n) is 5.32. The number of nitrogens with zero attached hydrogens (tertiary/aromatic N) is 2. The number of nitrogens with one attached hydrogen (secondary N) is 2. The Morgan fingerprint density at radius 3 is 2.46 bits per heavy atom. The van der Waals surface area contributed by atoms with Crippen molar-refractivity contribution in [2.75, 3.05) is 5.32 Å². The van der Waals surface area contributed by atoms with Gasteiger partial charge in [-0.2, -0.15) is 5.26 Å². The number of urea groups is 1. The first-order valence-corrected chi connectivity index (χ1v) is 8.00. The van der Waals surface area contributed by atoms with Crippen molar-refractivity contribution in [3.63, 3.8) is 0 Å². The highest BCUT2D eigenvalue weighted by Crippen LogP contribution is 2.19. The van der Waals surface area contributed by atoms with Crippen LogP contribution < -0.4 is 10.6 Å². The summed E-state index contributed by atoms with van der Waals surface area (Å²) in [4.78, 5) is 24.1. The summed E-state index contributed by atoms with van der Waals surface area (Å²) in [7, 11) is 0. The van der Waals surface area contributed by atoms with E-state index in [2.05, 4.69) is 16.7 Å². The van der Waals surface area contributed by atoms with E-state index < -0.39 is 11.9 Å². The van der Waals surface area contributed by atoms with E-state index in [9.17, 15) is 14.9 Å². The normalized spacial score (nSPS) is 10.0. The molecule has 0 radical (unpaired) electrons. The van der Waals surface area contributed by atoms with Gasteiger partial charge in [0.2, 0.25) is 0 Å². The van der Waals surface area contributed by atoms with Crippen LogP contribution in [0.2, 0.25) is 5.02 Å². The van der Waals surface area contributed by atoms with Gasteiger partial charge in [0.05, 0.1) is 21.8 Å². The standard InChI is InChI=1S/C19H13ClN4O2/c20-16-6-2-1-5-15(16)18(25)23-19(26)22-14-7-8-17(13(11-14)12-21)24-9-3-4-10-24/h1-11H,(H2,22,23,25,26). The number of hydrogen-bond donors (Lipinski definition) is 2. The third-order valence-corrected chi connectivity index (χ3v) is 3.93. The molecule has 1 aromatic heterocycles. The van der Waals surface area contributed by atoms with E-state index in [0.717, 1.165) is 0 Å². The van der Waals surface area contributed by atoms with Gasteiger partial charge < -0.3 is 9.88 Å². The molecule has 0 aliphatic rings. The molecule has 0 spiro atoms. The van der Waals surface area contributed by atoms with Crippen molar-refractivity contribution in [1.82, 2.24) is 9.88 Å². The van der Waals surface area contributed by atoms with Crippen LogP contribution >= 0.6 is 11.6 Å². The molecule has 3 aromatic rings. The fraction of sp³-hybridized carbons (Fsp3) is 0. The maximum Gasteiger partial charge on any atom is 0.326 e. The fourth-order valence-corrected chi connectivity index (χ4v) is 2.62. The van der Waals surface area contributed by atoms with Gasteiger partial charge >= 0.3 is 6.03 Å². The van der Waals surface area contributed by atoms with Gasteiger partial charge in [0.1, 0.15) is 6.07 Å². The summed E-state index contributed by atoms with van der Waals surface area (Å²) >= 11 is 5.94. The molecule has 0 saturated heterocycles. The number of carbonyl (C=O) groups excluding carboxylic acids is 2. The molecule has 1 heterocycles. The Labute approximate surface area is 154 Å². The van der Waals surface area contributed by atoms with E-state index in [1.807, 2.05) is 24.5 Å². The molecule has 128 valence electrons. The van der Waals surface area contributed by atoms with Gasteiger partial charge in [0.15, 0.2) is 0 Å². The summed E-state index contributed by atoms with van der Waals surface area (Å²) in [5.41, 5.74) is 1.67. The van der Waals surface area contributed by atoms with Crippen molar-refractivity contribution in [2.24, 2.45) is 0 Å². The quantitative estimate of drug-likeness (QED) is 0.737. The Kier molecular flexibility index (Phi) is 5.02. The summed E-state index contributed by atoms with van der Waals surface area (Å²) in [5.74, 6) is -0.613. The molecule has 0 aliphatic carbocycles. The van der Waals surface area contributed by atoms with Crippen LogP contribution in [0.4, 0.5) is 10.5 Å². The first-order chi connectivity index (χ1) is 12.6. The molecular weight excluding hydrogens is 352 g/mol. The Morgan fingerprint density at radius 2 is 1.77 bits per heavy atom. The zero-order chi connectivity index (χ0) is 18.5. The summed E-state index contributed by atoms with van der Waals surface area (Å²) in [6.45, 7) is 0. The van der Waals surface area contributed by atoms with Gasteiger partial charge in [-0.3, -0.25) is 10.1 Å². The minimum atomic E-state index is -0.715. The van der Waals surface area contributed by atoms with Crippen LogP contribution in [0.15, 0.2) is 67.0 Å². The lowest BCUT2D eigenvalue weighted by atomic mass is 10.1. The predicted octanol–water partition coefficient (Wildman–Crippen LogP) is 3.96. The lowest BCUT2D eigenvalue weighted by Gasteiger charge is -2.10. The molecule has 0 aliphatic heterocycles. The molecule has 26 heavy (non-hydrogen) atoms. The molecular formula is C19H13ClN4O2. The van der Waals surface area contributed by atoms with E-state index in [1.54, 1.807) is 34.9 Å². The highest BCUT2D eigenvalue weighted by molar-refractivity contribution is 6.34. The van der Waals surface area contributed by atoms with Gasteiger partial charge in [0.25, 0.3) is 5.91 Å². The Hall–Kier alpha value is -3.56. The van der Waals surface area contributed by atoms with E-state index in [4.69, 9.17) is 11.6 Å². The van der Waals surface area contributed by atoms with Gasteiger partial charge in [-0.15, -0.1) is 0 Å². The molecule has 3 rings (SSSR count). The largest absolute Gasteiger partial charge is 0.326 e. The first kappa shape index (κ1) is 17.3. The first-order valence-electron chi connectivity index (χ1n) is 7.63. The fourth-order valence-electron chi connectivity index (χ4n) is 2.40. The number of benzene rings is 2. The number of rotatable bonds is 3. The van der Waals surface area contributed by atoms with Gasteiger partial charge in [-0.1, -0.05) is 23.7 Å². The second kappa shape index (κ2) is 7.55. The van der Waals surface area contributed by atoms with E-state index >= 15 is 0 Å². The van der Waals surface area contributed by atoms with Crippen LogP contribution in [0.25, 0.3) is 5.69 Å². The lowest BCUT2D eigenvalue weighted by Crippen LogP contribution is -2.34. The predicted molar refractivity (Wildman–Crippen MR) is 98.4 cm³/mol. The lowest BCUT2D eigenvalue weighted by molar-refractivity contribution is 0.0967. The Bertz CT molecular complexity index is 1010. The monoisotopic (exact) mass is 364 g/mol. The number of aromatic nitrogens is 1. The Morgan fingerprint density at radius 1 is 1.04 bits per heavy atom. The average molecular weight is 365 g/mol. The summed E-state index contributed by atoms with van der Waals surface area (Å²) in [6, 6.07) is 16.4. The average Bonchev–Trinajstić information content (AvgIpc) is 3.16. The number of hydrogen-bond acceptors (Lipinski definition) is 3. The SMILES string of the molecule is N#Cc1cc(NC(=O)NC(=O)c2ccccc2Cl)ccc1-n1cccc1. The second-order valence-corrected chi connectivity index (χ2v) is 5.73. The summed E-state index contributed by atoms with van der Waals surface area (Å²) in [5, 5.41) is 14.3. The highest BCUT2D eigenvalue weighted by Gasteiger charge is 2.14. The maximum atomic E-state index is 12.1. The molecule has 2 N–H and O–H groups in total. The smallest absolute Gasteiger partial charge is 0.323 e. The van der Waals surface area contributed by atoms with Crippen molar-refractivity contribution in [1.29, 1.82) is 5.26 Å². The molecule has 0 unspecified atom stereocenters. The molecule has 0 bridgehead atoms. The number of imide groups is 1. The molecule has 3 amide bonds. The van der Waals surface area contributed by atoms with Crippen molar-refractivity contribution in [3.8, 4) is 11.8 Å². The summed E-state index contributed by atoms with van der Waals surface area (Å²) in [6.07, 6.45) is 3.64. The van der Waals surface area contributed by atoms with Gasteiger partial charge in [0, 0.05) is 18.1 Å². The topological polar surface area (TPSA) is 86.9 Å². The van der Waals surface area contributed by atoms with Crippen LogP contribution in [-0.2, 0) is 0 Å². The van der Waals surface area contributed by atoms with Gasteiger partial charge in [-0.25, -0.2) is 4.79 Å². The van der Waals surface area contributed by atoms with E-state index in [-0.39, 0.29) is 10.6 Å². The molecule has 7 heteroatoms. The zero-order valence-corrected chi connectivity index (χ0v) is 14.2. The van der Waals surface area contributed by atoms with Crippen molar-refractivity contribution in [2.45, 2.75) is 0 Å². The minimum Gasteiger partial charge on any atom is -0.323 e. The third-order valence-electron chi connectivity index (χ3n) is 3.60. The Balaban J connectivity index is 1.73. The highest BCUT2D eigenvalue weighted by atomic mass is 35.5. The molecule has 0 fully saturated rings. The third kappa shape index (κ3) is 3.74. The molecule has 2 aromatic carbocycles. The zero-order valence-electron chi connectivity index (χ0n) is 13.4. The molecule has 0 saturated carbocycles. The number of halogens is 1. The van der Waals surface area contributed by atoms with Crippen LogP contribution in [0.3, 0.4) is 0 Å². The van der Waals surface area contributed by atoms with E-state index in [0.29, 0.717) is 16.9 Å². The maximum absolute atomic E-state index is 12.1.